The second-order valence-electron chi connectivity index (χ2n) is 13.3. The number of unbranched alkanes of at least 4 members (excludes halogenated alkanes) is 19. The Hall–Kier alpha value is -1.63. The number of carboxylic acids is 3. The lowest BCUT2D eigenvalue weighted by Gasteiger charge is -2.52. The molecular formula is C37H71NO6. The van der Waals surface area contributed by atoms with Crippen molar-refractivity contribution < 1.29 is 34.2 Å². The minimum atomic E-state index is -1.33. The first-order valence-electron chi connectivity index (χ1n) is 18.8. The molecule has 3 atom stereocenters. The summed E-state index contributed by atoms with van der Waals surface area (Å²) in [5.41, 5.74) is 0. The molecule has 0 aliphatic rings. The van der Waals surface area contributed by atoms with E-state index in [0.29, 0.717) is 25.7 Å². The Morgan fingerprint density at radius 1 is 0.455 bits per heavy atom. The highest BCUT2D eigenvalue weighted by atomic mass is 16.4. The van der Waals surface area contributed by atoms with Crippen LogP contribution in [-0.4, -0.2) is 57.3 Å². The van der Waals surface area contributed by atoms with Crippen LogP contribution in [0.5, 0.6) is 0 Å². The molecule has 260 valence electrons. The highest BCUT2D eigenvalue weighted by Crippen LogP contribution is 2.34. The Labute approximate surface area is 271 Å². The molecule has 7 nitrogen and oxygen atoms in total. The van der Waals surface area contributed by atoms with Crippen LogP contribution >= 0.6 is 0 Å². The molecule has 0 heterocycles. The summed E-state index contributed by atoms with van der Waals surface area (Å²) in [4.78, 5) is 37.7. The number of carbonyl (C=O) groups excluding carboxylic acids is 1. The molecule has 0 aliphatic carbocycles. The molecule has 3 unspecified atom stereocenters. The zero-order chi connectivity index (χ0) is 33.1. The third kappa shape index (κ3) is 17.2. The number of nitrogens with zero attached hydrogens (tertiary/aromatic N) is 1. The lowest BCUT2D eigenvalue weighted by molar-refractivity contribution is -0.975. The molecule has 0 saturated carbocycles. The first-order valence-corrected chi connectivity index (χ1v) is 18.8. The van der Waals surface area contributed by atoms with Crippen LogP contribution in [0.1, 0.15) is 195 Å². The molecule has 0 spiro atoms. The maximum Gasteiger partial charge on any atom is 0.362 e. The number of hydrogen-bond donors (Lipinski definition) is 2. The molecule has 44 heavy (non-hydrogen) atoms. The quantitative estimate of drug-likeness (QED) is 0.0555. The van der Waals surface area contributed by atoms with Crippen LogP contribution in [0.2, 0.25) is 0 Å². The van der Waals surface area contributed by atoms with Crippen molar-refractivity contribution in [1.29, 1.82) is 0 Å². The van der Waals surface area contributed by atoms with Crippen LogP contribution in [0.15, 0.2) is 0 Å². The molecule has 0 rings (SSSR count). The summed E-state index contributed by atoms with van der Waals surface area (Å²) < 4.78 is -0.429. The van der Waals surface area contributed by atoms with E-state index in [1.54, 1.807) is 0 Å². The van der Waals surface area contributed by atoms with E-state index in [1.165, 1.54) is 103 Å². The van der Waals surface area contributed by atoms with Crippen LogP contribution in [0.25, 0.3) is 0 Å². The first kappa shape index (κ1) is 42.4. The molecule has 0 fully saturated rings. The van der Waals surface area contributed by atoms with Gasteiger partial charge in [0.15, 0.2) is 12.1 Å². The lowest BCUT2D eigenvalue weighted by Crippen LogP contribution is -2.74. The van der Waals surface area contributed by atoms with Crippen LogP contribution in [-0.2, 0) is 14.4 Å². The van der Waals surface area contributed by atoms with Gasteiger partial charge >= 0.3 is 11.9 Å². The van der Waals surface area contributed by atoms with Crippen molar-refractivity contribution >= 4 is 17.9 Å². The summed E-state index contributed by atoms with van der Waals surface area (Å²) in [6, 6.07) is -3.31. The number of quaternary nitrogens is 1. The minimum absolute atomic E-state index is 0.211. The largest absolute Gasteiger partial charge is 0.544 e. The predicted molar refractivity (Wildman–Crippen MR) is 180 cm³/mol. The third-order valence-corrected chi connectivity index (χ3v) is 9.67. The Morgan fingerprint density at radius 3 is 0.977 bits per heavy atom. The molecule has 0 bridgehead atoms. The fraction of sp³-hybridized carbons (Fsp3) is 0.919. The Balaban J connectivity index is 4.68. The lowest BCUT2D eigenvalue weighted by atomic mass is 9.91. The number of carboxylic acid groups (broad SMARTS) is 3. The standard InChI is InChI=1S/C37H71NO6/c1-5-9-10-11-12-13-14-15-16-17-18-19-20-21-22-23-24-25-26-27-31-38(32(28-6-2)35(39)40,33(29-7-3)36(41)42)34(30-8-4)37(43)44/h32-34H,5-31H2,1-4H3,(H2-,39,40,41,42,43,44). The van der Waals surface area contributed by atoms with Gasteiger partial charge in [-0.05, 0) is 25.7 Å². The Kier molecular flexibility index (Phi) is 26.6. The van der Waals surface area contributed by atoms with Crippen molar-refractivity contribution in [1.82, 2.24) is 0 Å². The van der Waals surface area contributed by atoms with Gasteiger partial charge in [-0.15, -0.1) is 0 Å². The number of aliphatic carboxylic acids is 3. The van der Waals surface area contributed by atoms with Crippen LogP contribution in [0, 0.1) is 0 Å². The van der Waals surface area contributed by atoms with E-state index >= 15 is 0 Å². The zero-order valence-electron chi connectivity index (χ0n) is 29.3. The topological polar surface area (TPSA) is 115 Å². The van der Waals surface area contributed by atoms with Gasteiger partial charge in [0.2, 0.25) is 0 Å². The first-order chi connectivity index (χ1) is 21.2. The van der Waals surface area contributed by atoms with Crippen molar-refractivity contribution in [3.05, 3.63) is 0 Å². The van der Waals surface area contributed by atoms with Crippen LogP contribution < -0.4 is 5.11 Å². The molecule has 0 aromatic carbocycles. The zero-order valence-corrected chi connectivity index (χ0v) is 29.3. The molecule has 2 N–H and O–H groups in total. The van der Waals surface area contributed by atoms with E-state index in [4.69, 9.17) is 0 Å². The van der Waals surface area contributed by atoms with Gasteiger partial charge in [-0.2, -0.15) is 0 Å². The van der Waals surface area contributed by atoms with Gasteiger partial charge in [0.05, 0.1) is 12.5 Å². The maximum absolute atomic E-state index is 12.6. The maximum atomic E-state index is 12.6. The average molecular weight is 626 g/mol. The van der Waals surface area contributed by atoms with E-state index in [-0.39, 0.29) is 25.8 Å². The third-order valence-electron chi connectivity index (χ3n) is 9.67. The fourth-order valence-corrected chi connectivity index (χ4v) is 7.27. The second-order valence-corrected chi connectivity index (χ2v) is 13.3. The Morgan fingerprint density at radius 2 is 0.727 bits per heavy atom. The second kappa shape index (κ2) is 27.7. The summed E-state index contributed by atoms with van der Waals surface area (Å²) in [5, 5.41) is 33.1. The predicted octanol–water partition coefficient (Wildman–Crippen LogP) is 9.05. The smallest absolute Gasteiger partial charge is 0.362 e. The van der Waals surface area contributed by atoms with E-state index in [9.17, 15) is 29.7 Å². The van der Waals surface area contributed by atoms with Crippen LogP contribution in [0.4, 0.5) is 0 Å². The van der Waals surface area contributed by atoms with Crippen molar-refractivity contribution in [3.63, 3.8) is 0 Å². The van der Waals surface area contributed by atoms with Gasteiger partial charge in [0.25, 0.3) is 0 Å². The van der Waals surface area contributed by atoms with E-state index in [0.717, 1.165) is 19.3 Å². The van der Waals surface area contributed by atoms with Crippen molar-refractivity contribution in [2.75, 3.05) is 6.54 Å². The van der Waals surface area contributed by atoms with Crippen LogP contribution in [0.3, 0.4) is 0 Å². The molecule has 0 aromatic heterocycles. The minimum Gasteiger partial charge on any atom is -0.544 e. The van der Waals surface area contributed by atoms with Gasteiger partial charge < -0.3 is 20.1 Å². The van der Waals surface area contributed by atoms with Gasteiger partial charge in [-0.1, -0.05) is 150 Å². The molecular weight excluding hydrogens is 554 g/mol. The van der Waals surface area contributed by atoms with Crippen molar-refractivity contribution in [3.8, 4) is 0 Å². The fourth-order valence-electron chi connectivity index (χ4n) is 7.27. The van der Waals surface area contributed by atoms with E-state index in [2.05, 4.69) is 6.92 Å². The van der Waals surface area contributed by atoms with Gasteiger partial charge in [0, 0.05) is 19.3 Å². The monoisotopic (exact) mass is 626 g/mol. The Bertz CT molecular complexity index is 667. The number of hydrogen-bond acceptors (Lipinski definition) is 4. The van der Waals surface area contributed by atoms with Crippen molar-refractivity contribution in [2.24, 2.45) is 0 Å². The highest BCUT2D eigenvalue weighted by molar-refractivity contribution is 5.77. The molecule has 0 aliphatic heterocycles. The molecule has 0 amide bonds. The summed E-state index contributed by atoms with van der Waals surface area (Å²) >= 11 is 0. The van der Waals surface area contributed by atoms with Gasteiger partial charge in [-0.25, -0.2) is 9.59 Å². The number of rotatable bonds is 33. The average Bonchev–Trinajstić information content (AvgIpc) is 2.98. The molecule has 7 heteroatoms. The van der Waals surface area contributed by atoms with Crippen molar-refractivity contribution in [2.45, 2.75) is 213 Å². The highest BCUT2D eigenvalue weighted by Gasteiger charge is 2.54. The summed E-state index contributed by atoms with van der Waals surface area (Å²) in [5.74, 6) is -3.54. The number of carbonyl (C=O) groups is 3. The summed E-state index contributed by atoms with van der Waals surface area (Å²) in [6.45, 7) is 8.10. The molecule has 0 saturated heterocycles. The summed E-state index contributed by atoms with van der Waals surface area (Å²) in [6.07, 6.45) is 27.5. The van der Waals surface area contributed by atoms with E-state index < -0.39 is 40.5 Å². The SMILES string of the molecule is CCCCCCCCCCCCCCCCCCCCCC[N+](C(CCC)C(=O)[O-])(C(CCC)C(=O)O)C(CCC)C(=O)O. The molecule has 0 radical (unpaired) electrons. The normalized spacial score (nSPS) is 15.0. The molecule has 0 aromatic rings. The van der Waals surface area contributed by atoms with Gasteiger partial charge in [-0.3, -0.25) is 4.48 Å². The van der Waals surface area contributed by atoms with Gasteiger partial charge in [0.1, 0.15) is 6.04 Å². The summed E-state index contributed by atoms with van der Waals surface area (Å²) in [7, 11) is 0. The van der Waals surface area contributed by atoms with E-state index in [1.807, 2.05) is 20.8 Å².